The monoisotopic (exact) mass is 423 g/mol. The molecule has 2 aliphatic rings. The third-order valence-corrected chi connectivity index (χ3v) is 6.61. The lowest BCUT2D eigenvalue weighted by Crippen LogP contribution is -2.33. The molecule has 1 N–H and O–H groups in total. The molecule has 3 aromatic rings. The number of nitrogens with zero attached hydrogens (tertiary/aromatic N) is 2. The lowest BCUT2D eigenvalue weighted by atomic mass is 10.1. The highest BCUT2D eigenvalue weighted by molar-refractivity contribution is 7.18. The Bertz CT molecular complexity index is 1110. The SMILES string of the molecule is CC(=O)c1cc2c(cc1NC(=O)CN1CCCC1c1nc3ccccc3s1)OCO2. The number of amides is 1. The molecular weight excluding hydrogens is 402 g/mol. The number of likely N-dealkylation sites (tertiary alicyclic amines) is 1. The van der Waals surface area contributed by atoms with Gasteiger partial charge < -0.3 is 14.8 Å². The number of aromatic nitrogens is 1. The van der Waals surface area contributed by atoms with E-state index < -0.39 is 0 Å². The molecule has 5 rings (SSSR count). The van der Waals surface area contributed by atoms with Gasteiger partial charge in [0.2, 0.25) is 12.7 Å². The van der Waals surface area contributed by atoms with E-state index in [4.69, 9.17) is 14.5 Å². The lowest BCUT2D eigenvalue weighted by molar-refractivity contribution is -0.117. The zero-order valence-electron chi connectivity index (χ0n) is 16.5. The Morgan fingerprint density at radius 3 is 2.83 bits per heavy atom. The molecule has 7 nitrogen and oxygen atoms in total. The number of thiazole rings is 1. The summed E-state index contributed by atoms with van der Waals surface area (Å²) in [7, 11) is 0. The zero-order valence-corrected chi connectivity index (χ0v) is 17.3. The number of hydrogen-bond acceptors (Lipinski definition) is 7. The lowest BCUT2D eigenvalue weighted by Gasteiger charge is -2.22. The fraction of sp³-hybridized carbons (Fsp3) is 0.318. The summed E-state index contributed by atoms with van der Waals surface area (Å²) in [4.78, 5) is 31.8. The number of nitrogens with one attached hydrogen (secondary N) is 1. The highest BCUT2D eigenvalue weighted by atomic mass is 32.1. The van der Waals surface area contributed by atoms with Gasteiger partial charge in [-0.25, -0.2) is 4.98 Å². The fourth-order valence-electron chi connectivity index (χ4n) is 4.04. The molecule has 1 saturated heterocycles. The Kier molecular flexibility index (Phi) is 4.88. The van der Waals surface area contributed by atoms with Crippen molar-refractivity contribution in [3.8, 4) is 11.5 Å². The number of ketones is 1. The Labute approximate surface area is 177 Å². The van der Waals surface area contributed by atoms with Gasteiger partial charge >= 0.3 is 0 Å². The first kappa shape index (κ1) is 19.0. The van der Waals surface area contributed by atoms with E-state index in [0.717, 1.165) is 34.6 Å². The van der Waals surface area contributed by atoms with Gasteiger partial charge in [0.05, 0.1) is 28.5 Å². The quantitative estimate of drug-likeness (QED) is 0.625. The number of carbonyl (C=O) groups excluding carboxylic acids is 2. The van der Waals surface area contributed by atoms with Crippen LogP contribution in [0.1, 0.15) is 41.2 Å². The second-order valence-electron chi connectivity index (χ2n) is 7.50. The van der Waals surface area contributed by atoms with Crippen LogP contribution in [-0.2, 0) is 4.79 Å². The number of carbonyl (C=O) groups is 2. The number of anilines is 1. The van der Waals surface area contributed by atoms with Gasteiger partial charge in [-0.1, -0.05) is 12.1 Å². The molecule has 0 aliphatic carbocycles. The van der Waals surface area contributed by atoms with E-state index in [1.807, 2.05) is 18.2 Å². The molecule has 154 valence electrons. The Morgan fingerprint density at radius 2 is 2.03 bits per heavy atom. The van der Waals surface area contributed by atoms with E-state index in [2.05, 4.69) is 16.3 Å². The Balaban J connectivity index is 1.33. The minimum atomic E-state index is -0.163. The standard InChI is InChI=1S/C22H21N3O4S/c1-13(26)14-9-18-19(29-12-28-18)10-16(14)23-21(27)11-25-8-4-6-17(25)22-24-15-5-2-3-7-20(15)30-22/h2-3,5,7,9-10,17H,4,6,8,11-12H2,1H3,(H,23,27). The number of fused-ring (bicyclic) bond motifs is 2. The second-order valence-corrected chi connectivity index (χ2v) is 8.57. The van der Waals surface area contributed by atoms with Crippen LogP contribution >= 0.6 is 11.3 Å². The third-order valence-electron chi connectivity index (χ3n) is 5.47. The summed E-state index contributed by atoms with van der Waals surface area (Å²) >= 11 is 1.69. The molecule has 0 saturated carbocycles. The zero-order chi connectivity index (χ0) is 20.7. The van der Waals surface area contributed by atoms with Gasteiger partial charge in [0.1, 0.15) is 5.01 Å². The van der Waals surface area contributed by atoms with Crippen molar-refractivity contribution < 1.29 is 19.1 Å². The van der Waals surface area contributed by atoms with Crippen molar-refractivity contribution in [2.45, 2.75) is 25.8 Å². The number of rotatable bonds is 5. The molecule has 1 fully saturated rings. The van der Waals surface area contributed by atoms with Crippen molar-refractivity contribution in [1.82, 2.24) is 9.88 Å². The summed E-state index contributed by atoms with van der Waals surface area (Å²) < 4.78 is 11.9. The van der Waals surface area contributed by atoms with Crippen LogP contribution in [0, 0.1) is 0 Å². The summed E-state index contributed by atoms with van der Waals surface area (Å²) in [6.45, 7) is 2.67. The van der Waals surface area contributed by atoms with Crippen molar-refractivity contribution in [3.05, 3.63) is 47.0 Å². The van der Waals surface area contributed by atoms with Crippen LogP contribution in [-0.4, -0.2) is 41.5 Å². The van der Waals surface area contributed by atoms with Gasteiger partial charge in [-0.2, -0.15) is 0 Å². The summed E-state index contributed by atoms with van der Waals surface area (Å²) in [5.41, 5.74) is 1.87. The normalized spacial score (nSPS) is 18.1. The van der Waals surface area contributed by atoms with Crippen LogP contribution in [0.15, 0.2) is 36.4 Å². The summed E-state index contributed by atoms with van der Waals surface area (Å²) in [6, 6.07) is 11.5. The second kappa shape index (κ2) is 7.70. The average molecular weight is 423 g/mol. The van der Waals surface area contributed by atoms with E-state index in [9.17, 15) is 9.59 Å². The molecule has 1 amide bonds. The van der Waals surface area contributed by atoms with Crippen molar-refractivity contribution in [3.63, 3.8) is 0 Å². The maximum Gasteiger partial charge on any atom is 0.238 e. The van der Waals surface area contributed by atoms with Crippen molar-refractivity contribution >= 4 is 38.9 Å². The van der Waals surface area contributed by atoms with Crippen LogP contribution in [0.2, 0.25) is 0 Å². The number of benzene rings is 2. The van der Waals surface area contributed by atoms with E-state index in [1.54, 1.807) is 23.5 Å². The molecule has 30 heavy (non-hydrogen) atoms. The Hall–Kier alpha value is -2.97. The summed E-state index contributed by atoms with van der Waals surface area (Å²) in [5, 5.41) is 3.94. The fourth-order valence-corrected chi connectivity index (χ4v) is 5.18. The predicted molar refractivity (Wildman–Crippen MR) is 114 cm³/mol. The molecular formula is C22H21N3O4S. The molecule has 0 spiro atoms. The average Bonchev–Trinajstić information content (AvgIpc) is 3.45. The highest BCUT2D eigenvalue weighted by Gasteiger charge is 2.30. The minimum Gasteiger partial charge on any atom is -0.454 e. The van der Waals surface area contributed by atoms with Crippen LogP contribution < -0.4 is 14.8 Å². The number of Topliss-reactive ketones (excluding diaryl/α,β-unsaturated/α-hetero) is 1. The molecule has 2 aromatic carbocycles. The van der Waals surface area contributed by atoms with Gasteiger partial charge in [-0.3, -0.25) is 14.5 Å². The van der Waals surface area contributed by atoms with E-state index in [-0.39, 0.29) is 31.1 Å². The summed E-state index contributed by atoms with van der Waals surface area (Å²) in [5.74, 6) is 0.749. The van der Waals surface area contributed by atoms with Crippen LogP contribution in [0.3, 0.4) is 0 Å². The van der Waals surface area contributed by atoms with Crippen LogP contribution in [0.25, 0.3) is 10.2 Å². The van der Waals surface area contributed by atoms with Crippen molar-refractivity contribution in [2.75, 3.05) is 25.2 Å². The van der Waals surface area contributed by atoms with Gasteiger partial charge in [0.15, 0.2) is 17.3 Å². The van der Waals surface area contributed by atoms with E-state index >= 15 is 0 Å². The predicted octanol–water partition coefficient (Wildman–Crippen LogP) is 4.00. The number of hydrogen-bond donors (Lipinski definition) is 1. The molecule has 3 heterocycles. The largest absolute Gasteiger partial charge is 0.454 e. The first-order valence-electron chi connectivity index (χ1n) is 9.92. The van der Waals surface area contributed by atoms with Gasteiger partial charge in [0.25, 0.3) is 0 Å². The van der Waals surface area contributed by atoms with E-state index in [0.29, 0.717) is 22.7 Å². The van der Waals surface area contributed by atoms with Crippen molar-refractivity contribution in [1.29, 1.82) is 0 Å². The molecule has 0 radical (unpaired) electrons. The van der Waals surface area contributed by atoms with Crippen LogP contribution in [0.5, 0.6) is 11.5 Å². The van der Waals surface area contributed by atoms with Gasteiger partial charge in [-0.15, -0.1) is 11.3 Å². The molecule has 0 bridgehead atoms. The highest BCUT2D eigenvalue weighted by Crippen LogP contribution is 2.38. The molecule has 8 heteroatoms. The molecule has 1 aromatic heterocycles. The third kappa shape index (κ3) is 3.53. The van der Waals surface area contributed by atoms with Gasteiger partial charge in [-0.05, 0) is 44.5 Å². The minimum absolute atomic E-state index is 0.113. The number of para-hydroxylation sites is 1. The van der Waals surface area contributed by atoms with E-state index in [1.165, 1.54) is 6.92 Å². The smallest absolute Gasteiger partial charge is 0.238 e. The Morgan fingerprint density at radius 1 is 1.23 bits per heavy atom. The number of ether oxygens (including phenoxy) is 2. The topological polar surface area (TPSA) is 80.8 Å². The van der Waals surface area contributed by atoms with Crippen molar-refractivity contribution in [2.24, 2.45) is 0 Å². The maximum atomic E-state index is 12.8. The first-order valence-corrected chi connectivity index (χ1v) is 10.7. The maximum absolute atomic E-state index is 12.8. The first-order chi connectivity index (χ1) is 14.6. The molecule has 2 aliphatic heterocycles. The molecule has 1 unspecified atom stereocenters. The van der Waals surface area contributed by atoms with Crippen LogP contribution in [0.4, 0.5) is 5.69 Å². The van der Waals surface area contributed by atoms with Gasteiger partial charge in [0, 0.05) is 11.6 Å². The summed E-state index contributed by atoms with van der Waals surface area (Å²) in [6.07, 6.45) is 2.01. The molecule has 1 atom stereocenters.